The first-order valence-electron chi connectivity index (χ1n) is 10.9. The molecule has 0 saturated heterocycles. The van der Waals surface area contributed by atoms with Gasteiger partial charge in [0.2, 0.25) is 0 Å². The number of halogens is 1. The highest BCUT2D eigenvalue weighted by atomic mass is 127. The summed E-state index contributed by atoms with van der Waals surface area (Å²) in [7, 11) is 0.140. The van der Waals surface area contributed by atoms with E-state index in [-0.39, 0.29) is 24.0 Å². The van der Waals surface area contributed by atoms with Crippen LogP contribution in [0.1, 0.15) is 39.0 Å². The Morgan fingerprint density at radius 2 is 1.10 bits per heavy atom. The van der Waals surface area contributed by atoms with Gasteiger partial charge in [0.25, 0.3) is 0 Å². The lowest BCUT2D eigenvalue weighted by Gasteiger charge is -2.29. The third-order valence-electron chi connectivity index (χ3n) is 5.84. The zero-order chi connectivity index (χ0) is 20.4. The van der Waals surface area contributed by atoms with Crippen LogP contribution in [0.3, 0.4) is 0 Å². The van der Waals surface area contributed by atoms with Gasteiger partial charge < -0.3 is 28.7 Å². The van der Waals surface area contributed by atoms with Crippen molar-refractivity contribution in [3.63, 3.8) is 0 Å². The first-order valence-corrected chi connectivity index (χ1v) is 12.9. The number of hydrogen-bond donors (Lipinski definition) is 0. The molecule has 160 valence electrons. The minimum atomic E-state index is -1.74. The van der Waals surface area contributed by atoms with E-state index in [2.05, 4.69) is 97.9 Å². The molecular formula is C27H34IOP. The molecule has 1 nitrogen and oxygen atoms in total. The van der Waals surface area contributed by atoms with E-state index in [1.807, 2.05) is 7.11 Å². The van der Waals surface area contributed by atoms with E-state index in [4.69, 9.17) is 4.74 Å². The summed E-state index contributed by atoms with van der Waals surface area (Å²) in [4.78, 5) is 0. The topological polar surface area (TPSA) is 9.23 Å². The lowest BCUT2D eigenvalue weighted by atomic mass is 10.1. The molecule has 0 N–H and O–H groups in total. The molecular weight excluding hydrogens is 498 g/mol. The third kappa shape index (κ3) is 6.15. The van der Waals surface area contributed by atoms with Crippen molar-refractivity contribution in [3.8, 4) is 0 Å². The minimum absolute atomic E-state index is 0. The SMILES string of the molecule is CCCCCC(CC[P+](c1ccccc1)(c1ccccc1)c1ccccc1)OC.[I-]. The summed E-state index contributed by atoms with van der Waals surface area (Å²) in [5.74, 6) is 0. The van der Waals surface area contributed by atoms with Gasteiger partial charge in [-0.3, -0.25) is 0 Å². The number of hydrogen-bond acceptors (Lipinski definition) is 1. The Balaban J connectivity index is 0.00000320. The van der Waals surface area contributed by atoms with Crippen molar-refractivity contribution in [3.05, 3.63) is 91.0 Å². The van der Waals surface area contributed by atoms with Crippen LogP contribution < -0.4 is 39.9 Å². The van der Waals surface area contributed by atoms with Gasteiger partial charge in [0.05, 0.1) is 12.3 Å². The second-order valence-electron chi connectivity index (χ2n) is 7.68. The maximum Gasteiger partial charge on any atom is 0.112 e. The average Bonchev–Trinajstić information content (AvgIpc) is 2.80. The van der Waals surface area contributed by atoms with Gasteiger partial charge in [-0.25, -0.2) is 0 Å². The van der Waals surface area contributed by atoms with Crippen LogP contribution in [0, 0.1) is 0 Å². The molecule has 0 aliphatic carbocycles. The van der Waals surface area contributed by atoms with E-state index >= 15 is 0 Å². The van der Waals surface area contributed by atoms with Crippen LogP contribution in [-0.4, -0.2) is 19.4 Å². The molecule has 1 unspecified atom stereocenters. The maximum absolute atomic E-state index is 5.92. The maximum atomic E-state index is 5.92. The van der Waals surface area contributed by atoms with E-state index < -0.39 is 7.26 Å². The Bertz CT molecular complexity index is 727. The normalized spacial score (nSPS) is 12.2. The van der Waals surface area contributed by atoms with Crippen molar-refractivity contribution in [1.82, 2.24) is 0 Å². The van der Waals surface area contributed by atoms with Gasteiger partial charge in [-0.05, 0) is 42.8 Å². The predicted octanol–water partition coefficient (Wildman–Crippen LogP) is 2.97. The predicted molar refractivity (Wildman–Crippen MR) is 130 cm³/mol. The van der Waals surface area contributed by atoms with Gasteiger partial charge >= 0.3 is 0 Å². The first-order chi connectivity index (χ1) is 14.3. The van der Waals surface area contributed by atoms with E-state index in [0.29, 0.717) is 6.10 Å². The highest BCUT2D eigenvalue weighted by Crippen LogP contribution is 2.56. The molecule has 0 saturated carbocycles. The largest absolute Gasteiger partial charge is 1.00 e. The lowest BCUT2D eigenvalue weighted by molar-refractivity contribution is -0.00000698. The fourth-order valence-corrected chi connectivity index (χ4v) is 8.61. The molecule has 3 aromatic rings. The molecule has 0 fully saturated rings. The van der Waals surface area contributed by atoms with Crippen molar-refractivity contribution in [1.29, 1.82) is 0 Å². The molecule has 3 aromatic carbocycles. The van der Waals surface area contributed by atoms with Crippen molar-refractivity contribution < 1.29 is 28.7 Å². The summed E-state index contributed by atoms with van der Waals surface area (Å²) in [6, 6.07) is 33.4. The van der Waals surface area contributed by atoms with Crippen molar-refractivity contribution in [2.45, 2.75) is 45.1 Å². The van der Waals surface area contributed by atoms with Gasteiger partial charge in [0.15, 0.2) is 0 Å². The second kappa shape index (κ2) is 13.2. The van der Waals surface area contributed by atoms with E-state index in [1.165, 1.54) is 35.2 Å². The highest BCUT2D eigenvalue weighted by Gasteiger charge is 2.45. The van der Waals surface area contributed by atoms with Crippen LogP contribution in [0.5, 0.6) is 0 Å². The molecule has 0 amide bonds. The standard InChI is InChI=1S/C27H34OP.HI/c1-3-4-8-15-24(28-2)22-23-29(25-16-9-5-10-17-25,26-18-11-6-12-19-26)27-20-13-7-14-21-27;/h5-7,9-14,16-21,24H,3-4,8,15,22-23H2,1-2H3;1H/q+1;/p-1. The van der Waals surface area contributed by atoms with Crippen LogP contribution in [-0.2, 0) is 4.74 Å². The van der Waals surface area contributed by atoms with Crippen LogP contribution in [0.4, 0.5) is 0 Å². The Hall–Kier alpha value is -1.22. The van der Waals surface area contributed by atoms with Crippen LogP contribution in [0.2, 0.25) is 0 Å². The number of unbranched alkanes of at least 4 members (excludes halogenated alkanes) is 2. The zero-order valence-corrected chi connectivity index (χ0v) is 21.3. The Kier molecular flexibility index (Phi) is 11.1. The molecule has 0 heterocycles. The van der Waals surface area contributed by atoms with Crippen LogP contribution in [0.15, 0.2) is 91.0 Å². The summed E-state index contributed by atoms with van der Waals surface area (Å²) < 4.78 is 5.92. The molecule has 30 heavy (non-hydrogen) atoms. The van der Waals surface area contributed by atoms with E-state index in [1.54, 1.807) is 0 Å². The van der Waals surface area contributed by atoms with Crippen LogP contribution >= 0.6 is 7.26 Å². The molecule has 1 atom stereocenters. The summed E-state index contributed by atoms with van der Waals surface area (Å²) in [6.07, 6.45) is 7.51. The number of rotatable bonds is 11. The highest BCUT2D eigenvalue weighted by molar-refractivity contribution is 7.95. The van der Waals surface area contributed by atoms with Crippen molar-refractivity contribution >= 4 is 23.2 Å². The molecule has 0 aliphatic rings. The van der Waals surface area contributed by atoms with E-state index in [0.717, 1.165) is 19.0 Å². The molecule has 3 heteroatoms. The summed E-state index contributed by atoms with van der Waals surface area (Å²) in [5.41, 5.74) is 0. The molecule has 0 spiro atoms. The molecule has 0 radical (unpaired) electrons. The molecule has 0 aliphatic heterocycles. The summed E-state index contributed by atoms with van der Waals surface area (Å²) in [5, 5.41) is 4.38. The fourth-order valence-electron chi connectivity index (χ4n) is 4.22. The third-order valence-corrected chi connectivity index (χ3v) is 10.3. The number of methoxy groups -OCH3 is 1. The number of ether oxygens (including phenoxy) is 1. The van der Waals surface area contributed by atoms with Gasteiger partial charge in [-0.1, -0.05) is 80.8 Å². The van der Waals surface area contributed by atoms with Crippen molar-refractivity contribution in [2.75, 3.05) is 13.3 Å². The van der Waals surface area contributed by atoms with Gasteiger partial charge in [-0.2, -0.15) is 0 Å². The smallest absolute Gasteiger partial charge is 0.112 e. The monoisotopic (exact) mass is 532 g/mol. The fraction of sp³-hybridized carbons (Fsp3) is 0.333. The Labute approximate surface area is 200 Å². The summed E-state index contributed by atoms with van der Waals surface area (Å²) >= 11 is 0. The molecule has 3 rings (SSSR count). The van der Waals surface area contributed by atoms with Gasteiger partial charge in [-0.15, -0.1) is 0 Å². The zero-order valence-electron chi connectivity index (χ0n) is 18.2. The minimum Gasteiger partial charge on any atom is -1.00 e. The van der Waals surface area contributed by atoms with Crippen molar-refractivity contribution in [2.24, 2.45) is 0 Å². The number of benzene rings is 3. The molecule has 0 aromatic heterocycles. The Morgan fingerprint density at radius 1 is 0.667 bits per heavy atom. The van der Waals surface area contributed by atoms with Crippen LogP contribution in [0.25, 0.3) is 0 Å². The summed E-state index contributed by atoms with van der Waals surface area (Å²) in [6.45, 7) is 2.26. The van der Waals surface area contributed by atoms with Gasteiger partial charge in [0.1, 0.15) is 23.2 Å². The first kappa shape index (κ1) is 25.0. The Morgan fingerprint density at radius 3 is 1.47 bits per heavy atom. The molecule has 0 bridgehead atoms. The average molecular weight is 532 g/mol. The van der Waals surface area contributed by atoms with Gasteiger partial charge in [0, 0.05) is 13.5 Å². The second-order valence-corrected chi connectivity index (χ2v) is 11.3. The quantitative estimate of drug-likeness (QED) is 0.210. The lowest BCUT2D eigenvalue weighted by Crippen LogP contribution is -3.00. The van der Waals surface area contributed by atoms with E-state index in [9.17, 15) is 0 Å².